The Hall–Kier alpha value is -2.98. The van der Waals surface area contributed by atoms with Crippen molar-refractivity contribution in [1.29, 1.82) is 0 Å². The number of carbonyl (C=O) groups excluding carboxylic acids is 1. The van der Waals surface area contributed by atoms with Crippen LogP contribution in [0.2, 0.25) is 0 Å². The number of rotatable bonds is 4. The molecule has 1 amide bonds. The van der Waals surface area contributed by atoms with Gasteiger partial charge >= 0.3 is 0 Å². The molecule has 0 aliphatic carbocycles. The second kappa shape index (κ2) is 6.49. The van der Waals surface area contributed by atoms with Crippen molar-refractivity contribution >= 4 is 11.6 Å². The molecule has 0 fully saturated rings. The van der Waals surface area contributed by atoms with Gasteiger partial charge in [-0.25, -0.2) is 0 Å². The van der Waals surface area contributed by atoms with Crippen LogP contribution in [0.5, 0.6) is 0 Å². The quantitative estimate of drug-likeness (QED) is 0.721. The summed E-state index contributed by atoms with van der Waals surface area (Å²) in [6.07, 6.45) is 1.77. The van der Waals surface area contributed by atoms with Crippen LogP contribution < -0.4 is 5.06 Å². The van der Waals surface area contributed by atoms with Crippen molar-refractivity contribution in [3.8, 4) is 11.3 Å². The number of fused-ring (bicyclic) bond motifs is 1. The zero-order valence-corrected chi connectivity index (χ0v) is 13.9. The normalized spacial score (nSPS) is 16.1. The fourth-order valence-electron chi connectivity index (χ4n) is 3.28. The Morgan fingerprint density at radius 2 is 1.88 bits per heavy atom. The second-order valence-corrected chi connectivity index (χ2v) is 5.88. The zero-order chi connectivity index (χ0) is 17.2. The van der Waals surface area contributed by atoms with E-state index in [0.717, 1.165) is 28.1 Å². The Kier molecular flexibility index (Phi) is 4.04. The predicted molar refractivity (Wildman–Crippen MR) is 97.1 cm³/mol. The van der Waals surface area contributed by atoms with Gasteiger partial charge in [-0.05, 0) is 42.3 Å². The molecule has 0 bridgehead atoms. The SMILES string of the molecule is CCON1C(=O)C(c2cccc(-c3ccccn3)c2)c2ccccc21. The van der Waals surface area contributed by atoms with Crippen LogP contribution in [0, 0.1) is 0 Å². The number of hydrogen-bond donors (Lipinski definition) is 0. The van der Waals surface area contributed by atoms with Gasteiger partial charge in [0.05, 0.1) is 23.9 Å². The average molecular weight is 330 g/mol. The highest BCUT2D eigenvalue weighted by Crippen LogP contribution is 2.41. The van der Waals surface area contributed by atoms with Crippen LogP contribution in [-0.2, 0) is 9.63 Å². The lowest BCUT2D eigenvalue weighted by atomic mass is 9.91. The van der Waals surface area contributed by atoms with Gasteiger partial charge in [-0.3, -0.25) is 14.6 Å². The van der Waals surface area contributed by atoms with E-state index in [-0.39, 0.29) is 11.8 Å². The molecule has 25 heavy (non-hydrogen) atoms. The van der Waals surface area contributed by atoms with Gasteiger partial charge in [0.25, 0.3) is 5.91 Å². The first-order valence-corrected chi connectivity index (χ1v) is 8.36. The summed E-state index contributed by atoms with van der Waals surface area (Å²) >= 11 is 0. The molecule has 0 saturated heterocycles. The minimum absolute atomic E-state index is 0.0544. The molecule has 0 spiro atoms. The Bertz CT molecular complexity index is 909. The van der Waals surface area contributed by atoms with Gasteiger partial charge in [0, 0.05) is 11.8 Å². The molecule has 1 aromatic heterocycles. The number of benzene rings is 2. The number of nitrogens with zero attached hydrogens (tertiary/aromatic N) is 2. The number of pyridine rings is 1. The predicted octanol–water partition coefficient (Wildman–Crippen LogP) is 4.18. The molecule has 0 radical (unpaired) electrons. The molecule has 1 aliphatic rings. The molecule has 4 nitrogen and oxygen atoms in total. The van der Waals surface area contributed by atoms with Crippen molar-refractivity contribution in [2.45, 2.75) is 12.8 Å². The number of aromatic nitrogens is 1. The maximum atomic E-state index is 13.0. The third kappa shape index (κ3) is 2.71. The molecule has 0 N–H and O–H groups in total. The van der Waals surface area contributed by atoms with Gasteiger partial charge < -0.3 is 0 Å². The highest BCUT2D eigenvalue weighted by Gasteiger charge is 2.39. The summed E-state index contributed by atoms with van der Waals surface area (Å²) < 4.78 is 0. The Labute approximate surface area is 146 Å². The lowest BCUT2D eigenvalue weighted by Crippen LogP contribution is -2.29. The molecule has 4 heteroatoms. The van der Waals surface area contributed by atoms with Crippen molar-refractivity contribution < 1.29 is 9.63 Å². The van der Waals surface area contributed by atoms with E-state index < -0.39 is 0 Å². The van der Waals surface area contributed by atoms with E-state index in [0.29, 0.717) is 6.61 Å². The van der Waals surface area contributed by atoms with E-state index in [2.05, 4.69) is 4.98 Å². The molecule has 124 valence electrons. The van der Waals surface area contributed by atoms with Crippen molar-refractivity contribution in [3.63, 3.8) is 0 Å². The van der Waals surface area contributed by atoms with E-state index in [4.69, 9.17) is 4.84 Å². The maximum absolute atomic E-state index is 13.0. The number of hydroxylamine groups is 1. The minimum Gasteiger partial charge on any atom is -0.271 e. The van der Waals surface area contributed by atoms with Crippen LogP contribution >= 0.6 is 0 Å². The summed E-state index contributed by atoms with van der Waals surface area (Å²) in [4.78, 5) is 23.0. The number of carbonyl (C=O) groups is 1. The lowest BCUT2D eigenvalue weighted by Gasteiger charge is -2.16. The van der Waals surface area contributed by atoms with Crippen LogP contribution in [0.3, 0.4) is 0 Å². The summed E-state index contributed by atoms with van der Waals surface area (Å²) in [7, 11) is 0. The van der Waals surface area contributed by atoms with E-state index in [1.807, 2.05) is 73.7 Å². The Balaban J connectivity index is 1.79. The lowest BCUT2D eigenvalue weighted by molar-refractivity contribution is -0.125. The molecule has 2 aromatic carbocycles. The van der Waals surface area contributed by atoms with Gasteiger partial charge in [0.15, 0.2) is 0 Å². The van der Waals surface area contributed by atoms with Crippen LogP contribution in [0.1, 0.15) is 24.0 Å². The van der Waals surface area contributed by atoms with Crippen molar-refractivity contribution in [3.05, 3.63) is 84.1 Å². The first-order chi connectivity index (χ1) is 12.3. The molecule has 0 saturated carbocycles. The largest absolute Gasteiger partial charge is 0.271 e. The van der Waals surface area contributed by atoms with E-state index in [1.54, 1.807) is 6.20 Å². The second-order valence-electron chi connectivity index (χ2n) is 5.88. The molecular weight excluding hydrogens is 312 g/mol. The highest BCUT2D eigenvalue weighted by molar-refractivity contribution is 6.05. The van der Waals surface area contributed by atoms with Crippen LogP contribution in [0.4, 0.5) is 5.69 Å². The molecule has 1 aliphatic heterocycles. The van der Waals surface area contributed by atoms with Gasteiger partial charge in [-0.2, -0.15) is 5.06 Å². The Morgan fingerprint density at radius 3 is 2.68 bits per heavy atom. The number of para-hydroxylation sites is 1. The van der Waals surface area contributed by atoms with Crippen LogP contribution in [0.15, 0.2) is 72.9 Å². The summed E-state index contributed by atoms with van der Waals surface area (Å²) in [5.74, 6) is -0.410. The summed E-state index contributed by atoms with van der Waals surface area (Å²) in [5.41, 5.74) is 4.63. The molecule has 2 heterocycles. The minimum atomic E-state index is -0.355. The first-order valence-electron chi connectivity index (χ1n) is 8.36. The molecule has 1 unspecified atom stereocenters. The standard InChI is InChI=1S/C21H18N2O2/c1-2-25-23-19-12-4-3-10-17(19)20(21(23)24)16-9-7-8-15(14-16)18-11-5-6-13-22-18/h3-14,20H,2H2,1H3. The smallest absolute Gasteiger partial charge is 0.262 e. The average Bonchev–Trinajstić information content (AvgIpc) is 2.95. The summed E-state index contributed by atoms with van der Waals surface area (Å²) in [6.45, 7) is 2.33. The maximum Gasteiger partial charge on any atom is 0.262 e. The van der Waals surface area contributed by atoms with Gasteiger partial charge in [-0.1, -0.05) is 42.5 Å². The molecular formula is C21H18N2O2. The number of amides is 1. The van der Waals surface area contributed by atoms with Gasteiger partial charge in [0.1, 0.15) is 0 Å². The third-order valence-electron chi connectivity index (χ3n) is 4.35. The number of hydrogen-bond acceptors (Lipinski definition) is 3. The van der Waals surface area contributed by atoms with Crippen molar-refractivity contribution in [1.82, 2.24) is 4.98 Å². The van der Waals surface area contributed by atoms with Crippen molar-refractivity contribution in [2.75, 3.05) is 11.7 Å². The topological polar surface area (TPSA) is 42.4 Å². The summed E-state index contributed by atoms with van der Waals surface area (Å²) in [5, 5.41) is 1.42. The fraction of sp³-hybridized carbons (Fsp3) is 0.143. The van der Waals surface area contributed by atoms with Crippen LogP contribution in [-0.4, -0.2) is 17.5 Å². The molecule has 4 rings (SSSR count). The first kappa shape index (κ1) is 15.5. The monoisotopic (exact) mass is 330 g/mol. The van der Waals surface area contributed by atoms with E-state index in [1.165, 1.54) is 5.06 Å². The van der Waals surface area contributed by atoms with E-state index in [9.17, 15) is 4.79 Å². The molecule has 1 atom stereocenters. The van der Waals surface area contributed by atoms with Gasteiger partial charge in [-0.15, -0.1) is 0 Å². The summed E-state index contributed by atoms with van der Waals surface area (Å²) in [6, 6.07) is 21.6. The van der Waals surface area contributed by atoms with Crippen molar-refractivity contribution in [2.24, 2.45) is 0 Å². The molecule has 3 aromatic rings. The van der Waals surface area contributed by atoms with E-state index >= 15 is 0 Å². The van der Waals surface area contributed by atoms with Gasteiger partial charge in [0.2, 0.25) is 0 Å². The Morgan fingerprint density at radius 1 is 1.04 bits per heavy atom. The number of anilines is 1. The fourth-order valence-corrected chi connectivity index (χ4v) is 3.28. The zero-order valence-electron chi connectivity index (χ0n) is 13.9. The third-order valence-corrected chi connectivity index (χ3v) is 4.35. The highest BCUT2D eigenvalue weighted by atomic mass is 16.7. The van der Waals surface area contributed by atoms with Crippen LogP contribution in [0.25, 0.3) is 11.3 Å².